The van der Waals surface area contributed by atoms with Crippen molar-refractivity contribution in [3.8, 4) is 0 Å². The van der Waals surface area contributed by atoms with E-state index in [0.29, 0.717) is 5.92 Å². The molecule has 0 saturated carbocycles. The number of aromatic nitrogens is 2. The van der Waals surface area contributed by atoms with Gasteiger partial charge in [-0.3, -0.25) is 4.68 Å². The van der Waals surface area contributed by atoms with Crippen LogP contribution in [0.2, 0.25) is 0 Å². The Hall–Kier alpha value is -1.03. The van der Waals surface area contributed by atoms with Crippen LogP contribution in [-0.4, -0.2) is 23.0 Å². The fraction of sp³-hybridized carbons (Fsp3) is 0.667. The van der Waals surface area contributed by atoms with E-state index in [2.05, 4.69) is 5.10 Å². The maximum Gasteiger partial charge on any atom is 0.121 e. The maximum absolute atomic E-state index is 5.72. The zero-order valence-corrected chi connectivity index (χ0v) is 7.86. The highest BCUT2D eigenvalue weighted by Crippen LogP contribution is 2.26. The molecule has 0 amide bonds. The van der Waals surface area contributed by atoms with Crippen molar-refractivity contribution in [3.63, 3.8) is 0 Å². The lowest BCUT2D eigenvalue weighted by molar-refractivity contribution is 0.0844. The van der Waals surface area contributed by atoms with Crippen LogP contribution >= 0.6 is 0 Å². The number of anilines is 1. The van der Waals surface area contributed by atoms with E-state index >= 15 is 0 Å². The molecule has 1 aromatic rings. The second-order valence-corrected chi connectivity index (χ2v) is 3.50. The van der Waals surface area contributed by atoms with Crippen LogP contribution in [-0.2, 0) is 11.8 Å². The third-order valence-corrected chi connectivity index (χ3v) is 2.57. The smallest absolute Gasteiger partial charge is 0.121 e. The molecule has 1 fully saturated rings. The van der Waals surface area contributed by atoms with Crippen molar-refractivity contribution in [2.75, 3.05) is 18.9 Å². The normalized spacial score (nSPS) is 19.2. The van der Waals surface area contributed by atoms with Crippen molar-refractivity contribution < 1.29 is 4.74 Å². The molecule has 4 heteroatoms. The molecule has 0 atom stereocenters. The van der Waals surface area contributed by atoms with Gasteiger partial charge in [-0.05, 0) is 12.8 Å². The number of nitrogens with two attached hydrogens (primary N) is 1. The minimum Gasteiger partial charge on any atom is -0.384 e. The van der Waals surface area contributed by atoms with E-state index in [-0.39, 0.29) is 0 Å². The molecule has 0 radical (unpaired) electrons. The summed E-state index contributed by atoms with van der Waals surface area (Å²) in [5.41, 5.74) is 6.83. The Kier molecular flexibility index (Phi) is 2.22. The van der Waals surface area contributed by atoms with Gasteiger partial charge in [0.1, 0.15) is 5.82 Å². The molecular weight excluding hydrogens is 166 g/mol. The van der Waals surface area contributed by atoms with E-state index in [1.54, 1.807) is 4.68 Å². The van der Waals surface area contributed by atoms with Gasteiger partial charge >= 0.3 is 0 Å². The van der Waals surface area contributed by atoms with Crippen LogP contribution in [0.1, 0.15) is 24.5 Å². The summed E-state index contributed by atoms with van der Waals surface area (Å²) in [6.07, 6.45) is 2.13. The summed E-state index contributed by atoms with van der Waals surface area (Å²) < 4.78 is 7.02. The number of nitrogens with zero attached hydrogens (tertiary/aromatic N) is 2. The van der Waals surface area contributed by atoms with Crippen molar-refractivity contribution in [3.05, 3.63) is 11.8 Å². The Morgan fingerprint density at radius 2 is 2.23 bits per heavy atom. The molecule has 1 aromatic heterocycles. The highest BCUT2D eigenvalue weighted by molar-refractivity contribution is 5.32. The molecule has 0 spiro atoms. The number of aryl methyl sites for hydroxylation is 1. The zero-order valence-electron chi connectivity index (χ0n) is 7.86. The third-order valence-electron chi connectivity index (χ3n) is 2.57. The molecule has 1 saturated heterocycles. The molecule has 2 N–H and O–H groups in total. The summed E-state index contributed by atoms with van der Waals surface area (Å²) in [6.45, 7) is 1.70. The Labute approximate surface area is 77.7 Å². The van der Waals surface area contributed by atoms with Gasteiger partial charge in [0.25, 0.3) is 0 Å². The van der Waals surface area contributed by atoms with Crippen LogP contribution in [0.3, 0.4) is 0 Å². The van der Waals surface area contributed by atoms with Crippen LogP contribution in [0, 0.1) is 0 Å². The van der Waals surface area contributed by atoms with Crippen LogP contribution < -0.4 is 5.73 Å². The fourth-order valence-electron chi connectivity index (χ4n) is 1.70. The minimum absolute atomic E-state index is 0.539. The standard InChI is InChI=1S/C9H15N3O/c1-12-9(10)6-8(11-12)7-2-4-13-5-3-7/h6-7H,2-5,10H2,1H3. The Balaban J connectivity index is 2.14. The SMILES string of the molecule is Cn1nc(C2CCOCC2)cc1N. The number of hydrogen-bond acceptors (Lipinski definition) is 3. The molecule has 13 heavy (non-hydrogen) atoms. The maximum atomic E-state index is 5.72. The van der Waals surface area contributed by atoms with Gasteiger partial charge in [0.05, 0.1) is 5.69 Å². The lowest BCUT2D eigenvalue weighted by Gasteiger charge is -2.19. The van der Waals surface area contributed by atoms with Gasteiger partial charge < -0.3 is 10.5 Å². The lowest BCUT2D eigenvalue weighted by Crippen LogP contribution is -2.14. The number of ether oxygens (including phenoxy) is 1. The first kappa shape index (κ1) is 8.56. The molecule has 4 nitrogen and oxygen atoms in total. The molecule has 0 unspecified atom stereocenters. The van der Waals surface area contributed by atoms with Crippen molar-refractivity contribution in [1.29, 1.82) is 0 Å². The topological polar surface area (TPSA) is 53.1 Å². The predicted molar refractivity (Wildman–Crippen MR) is 50.4 cm³/mol. The Bertz CT molecular complexity index is 270. The van der Waals surface area contributed by atoms with E-state index < -0.39 is 0 Å². The summed E-state index contributed by atoms with van der Waals surface area (Å²) in [5, 5.41) is 4.37. The van der Waals surface area contributed by atoms with Crippen molar-refractivity contribution in [2.45, 2.75) is 18.8 Å². The van der Waals surface area contributed by atoms with Crippen molar-refractivity contribution in [1.82, 2.24) is 9.78 Å². The molecule has 1 aliphatic rings. The van der Waals surface area contributed by atoms with Gasteiger partial charge in [0.15, 0.2) is 0 Å². The van der Waals surface area contributed by atoms with E-state index in [1.807, 2.05) is 13.1 Å². The van der Waals surface area contributed by atoms with Gasteiger partial charge in [-0.2, -0.15) is 5.10 Å². The second-order valence-electron chi connectivity index (χ2n) is 3.50. The molecule has 0 aromatic carbocycles. The molecule has 2 heterocycles. The molecule has 1 aliphatic heterocycles. The summed E-state index contributed by atoms with van der Waals surface area (Å²) in [5.74, 6) is 1.28. The first-order valence-electron chi connectivity index (χ1n) is 4.64. The van der Waals surface area contributed by atoms with Gasteiger partial charge in [0.2, 0.25) is 0 Å². The molecule has 2 rings (SSSR count). The first-order chi connectivity index (χ1) is 6.27. The quantitative estimate of drug-likeness (QED) is 0.700. The van der Waals surface area contributed by atoms with E-state index in [1.165, 1.54) is 0 Å². The van der Waals surface area contributed by atoms with Crippen LogP contribution in [0.5, 0.6) is 0 Å². The summed E-state index contributed by atoms with van der Waals surface area (Å²) in [4.78, 5) is 0. The van der Waals surface area contributed by atoms with Gasteiger partial charge in [-0.25, -0.2) is 0 Å². The summed E-state index contributed by atoms with van der Waals surface area (Å²) in [6, 6.07) is 1.97. The molecule has 0 aliphatic carbocycles. The molecule has 0 bridgehead atoms. The first-order valence-corrected chi connectivity index (χ1v) is 4.64. The van der Waals surface area contributed by atoms with Gasteiger partial charge in [0, 0.05) is 32.2 Å². The van der Waals surface area contributed by atoms with Gasteiger partial charge in [-0.15, -0.1) is 0 Å². The third kappa shape index (κ3) is 1.67. The monoisotopic (exact) mass is 181 g/mol. The minimum atomic E-state index is 0.539. The number of nitrogen functional groups attached to an aromatic ring is 1. The molecular formula is C9H15N3O. The number of rotatable bonds is 1. The summed E-state index contributed by atoms with van der Waals surface area (Å²) in [7, 11) is 1.87. The van der Waals surface area contributed by atoms with E-state index in [4.69, 9.17) is 10.5 Å². The average molecular weight is 181 g/mol. The van der Waals surface area contributed by atoms with Crippen molar-refractivity contribution in [2.24, 2.45) is 7.05 Å². The predicted octanol–water partition coefficient (Wildman–Crippen LogP) is 0.896. The van der Waals surface area contributed by atoms with Crippen LogP contribution in [0.15, 0.2) is 6.07 Å². The van der Waals surface area contributed by atoms with Crippen LogP contribution in [0.4, 0.5) is 5.82 Å². The Morgan fingerprint density at radius 1 is 1.54 bits per heavy atom. The number of hydrogen-bond donors (Lipinski definition) is 1. The summed E-state index contributed by atoms with van der Waals surface area (Å²) >= 11 is 0. The Morgan fingerprint density at radius 3 is 2.77 bits per heavy atom. The zero-order chi connectivity index (χ0) is 9.26. The second kappa shape index (κ2) is 3.38. The fourth-order valence-corrected chi connectivity index (χ4v) is 1.70. The highest BCUT2D eigenvalue weighted by Gasteiger charge is 2.18. The van der Waals surface area contributed by atoms with E-state index in [9.17, 15) is 0 Å². The van der Waals surface area contributed by atoms with E-state index in [0.717, 1.165) is 37.6 Å². The van der Waals surface area contributed by atoms with Crippen molar-refractivity contribution >= 4 is 5.82 Å². The molecule has 72 valence electrons. The lowest BCUT2D eigenvalue weighted by atomic mass is 9.97. The van der Waals surface area contributed by atoms with Crippen LogP contribution in [0.25, 0.3) is 0 Å². The average Bonchev–Trinajstić information content (AvgIpc) is 2.49. The largest absolute Gasteiger partial charge is 0.384 e. The van der Waals surface area contributed by atoms with Gasteiger partial charge in [-0.1, -0.05) is 0 Å². The highest BCUT2D eigenvalue weighted by atomic mass is 16.5.